The Kier molecular flexibility index (Phi) is 3.70. The third kappa shape index (κ3) is 2.80. The zero-order valence-corrected chi connectivity index (χ0v) is 13.1. The lowest BCUT2D eigenvalue weighted by molar-refractivity contribution is 0.785. The molecule has 2 heterocycles. The van der Waals surface area contributed by atoms with Crippen molar-refractivity contribution in [3.63, 3.8) is 0 Å². The number of hydrogen-bond donors (Lipinski definition) is 1. The highest BCUT2D eigenvalue weighted by Crippen LogP contribution is 2.27. The number of nitrogens with one attached hydrogen (secondary N) is 1. The summed E-state index contributed by atoms with van der Waals surface area (Å²) in [6.07, 6.45) is 1.60. The zero-order chi connectivity index (χ0) is 14.8. The summed E-state index contributed by atoms with van der Waals surface area (Å²) >= 11 is 1.79. The fourth-order valence-corrected chi connectivity index (χ4v) is 3.35. The van der Waals surface area contributed by atoms with E-state index in [2.05, 4.69) is 65.2 Å². The van der Waals surface area contributed by atoms with E-state index in [0.29, 0.717) is 6.04 Å². The second kappa shape index (κ2) is 5.65. The molecular formula is C15H17N5S. The Morgan fingerprint density at radius 2 is 2.05 bits per heavy atom. The molecule has 1 aromatic carbocycles. The first kappa shape index (κ1) is 13.8. The van der Waals surface area contributed by atoms with Crippen molar-refractivity contribution < 1.29 is 0 Å². The van der Waals surface area contributed by atoms with Crippen LogP contribution < -0.4 is 5.32 Å². The van der Waals surface area contributed by atoms with Gasteiger partial charge in [-0.2, -0.15) is 0 Å². The molecule has 1 N–H and O–H groups in total. The van der Waals surface area contributed by atoms with Crippen LogP contribution in [0.1, 0.15) is 29.0 Å². The summed E-state index contributed by atoms with van der Waals surface area (Å²) in [5.41, 5.74) is 4.56. The molecule has 0 amide bonds. The molecule has 0 saturated carbocycles. The summed E-state index contributed by atoms with van der Waals surface area (Å²) < 4.78 is 1.67. The number of tetrazole rings is 1. The van der Waals surface area contributed by atoms with Crippen molar-refractivity contribution in [3.05, 3.63) is 52.0 Å². The number of rotatable bonds is 4. The van der Waals surface area contributed by atoms with E-state index in [1.54, 1.807) is 22.3 Å². The first-order valence-electron chi connectivity index (χ1n) is 6.79. The third-order valence-corrected chi connectivity index (χ3v) is 4.67. The predicted octanol–water partition coefficient (Wildman–Crippen LogP) is 3.51. The van der Waals surface area contributed by atoms with Crippen LogP contribution >= 0.6 is 11.3 Å². The Bertz CT molecular complexity index is 732. The van der Waals surface area contributed by atoms with E-state index in [9.17, 15) is 0 Å². The van der Waals surface area contributed by atoms with Crippen LogP contribution in [0.2, 0.25) is 0 Å². The Balaban J connectivity index is 1.81. The standard InChI is InChI=1S/C15H17N5S/c1-10-6-7-21-15(10)12(3)17-13-4-5-14(11(2)8-13)20-9-16-18-19-20/h4-9,12,17H,1-3H3. The third-order valence-electron chi connectivity index (χ3n) is 3.47. The largest absolute Gasteiger partial charge is 0.378 e. The van der Waals surface area contributed by atoms with Gasteiger partial charge in [0.15, 0.2) is 0 Å². The topological polar surface area (TPSA) is 55.6 Å². The van der Waals surface area contributed by atoms with Crippen LogP contribution in [0.4, 0.5) is 5.69 Å². The van der Waals surface area contributed by atoms with Crippen molar-refractivity contribution >= 4 is 17.0 Å². The van der Waals surface area contributed by atoms with Crippen molar-refractivity contribution in [1.29, 1.82) is 0 Å². The van der Waals surface area contributed by atoms with Gasteiger partial charge in [-0.05, 0) is 72.0 Å². The highest BCUT2D eigenvalue weighted by atomic mass is 32.1. The Labute approximate surface area is 127 Å². The number of anilines is 1. The molecule has 3 rings (SSSR count). The van der Waals surface area contributed by atoms with Crippen LogP contribution in [0.25, 0.3) is 5.69 Å². The number of hydrogen-bond acceptors (Lipinski definition) is 5. The van der Waals surface area contributed by atoms with Gasteiger partial charge in [-0.15, -0.1) is 16.4 Å². The molecule has 6 heteroatoms. The van der Waals surface area contributed by atoms with Crippen molar-refractivity contribution in [3.8, 4) is 5.69 Å². The highest BCUT2D eigenvalue weighted by Gasteiger charge is 2.10. The molecule has 108 valence electrons. The van der Waals surface area contributed by atoms with Crippen molar-refractivity contribution in [2.45, 2.75) is 26.8 Å². The maximum Gasteiger partial charge on any atom is 0.143 e. The van der Waals surface area contributed by atoms with Gasteiger partial charge in [-0.25, -0.2) is 4.68 Å². The first-order chi connectivity index (χ1) is 10.1. The summed E-state index contributed by atoms with van der Waals surface area (Å²) in [6.45, 7) is 6.39. The van der Waals surface area contributed by atoms with E-state index in [-0.39, 0.29) is 0 Å². The number of nitrogens with zero attached hydrogens (tertiary/aromatic N) is 4. The number of benzene rings is 1. The molecule has 2 aromatic heterocycles. The first-order valence-corrected chi connectivity index (χ1v) is 7.67. The molecule has 0 fully saturated rings. The molecule has 0 aliphatic rings. The molecule has 1 unspecified atom stereocenters. The number of aryl methyl sites for hydroxylation is 2. The van der Waals surface area contributed by atoms with Gasteiger partial charge in [-0.3, -0.25) is 0 Å². The molecule has 5 nitrogen and oxygen atoms in total. The normalized spacial score (nSPS) is 12.3. The number of aromatic nitrogens is 4. The summed E-state index contributed by atoms with van der Waals surface area (Å²) in [6, 6.07) is 8.66. The van der Waals surface area contributed by atoms with Crippen molar-refractivity contribution in [2.24, 2.45) is 0 Å². The van der Waals surface area contributed by atoms with Crippen molar-refractivity contribution in [1.82, 2.24) is 20.2 Å². The van der Waals surface area contributed by atoms with E-state index >= 15 is 0 Å². The smallest absolute Gasteiger partial charge is 0.143 e. The molecule has 0 bridgehead atoms. The van der Waals surface area contributed by atoms with Crippen LogP contribution in [0, 0.1) is 13.8 Å². The van der Waals surface area contributed by atoms with Gasteiger partial charge in [0.25, 0.3) is 0 Å². The summed E-state index contributed by atoms with van der Waals surface area (Å²) in [4.78, 5) is 1.37. The van der Waals surface area contributed by atoms with Gasteiger partial charge in [0, 0.05) is 10.6 Å². The van der Waals surface area contributed by atoms with Gasteiger partial charge in [0.2, 0.25) is 0 Å². The summed E-state index contributed by atoms with van der Waals surface area (Å²) in [7, 11) is 0. The average Bonchev–Trinajstić information content (AvgIpc) is 3.10. The average molecular weight is 299 g/mol. The molecule has 0 aliphatic heterocycles. The molecular weight excluding hydrogens is 282 g/mol. The van der Waals surface area contributed by atoms with E-state index < -0.39 is 0 Å². The lowest BCUT2D eigenvalue weighted by Gasteiger charge is -2.16. The van der Waals surface area contributed by atoms with Crippen LogP contribution in [0.15, 0.2) is 36.0 Å². The van der Waals surface area contributed by atoms with E-state index in [1.165, 1.54) is 10.4 Å². The van der Waals surface area contributed by atoms with Gasteiger partial charge in [0.1, 0.15) is 6.33 Å². The van der Waals surface area contributed by atoms with Gasteiger partial charge >= 0.3 is 0 Å². The lowest BCUT2D eigenvalue weighted by atomic mass is 10.1. The molecule has 0 saturated heterocycles. The quantitative estimate of drug-likeness (QED) is 0.801. The Hall–Kier alpha value is -2.21. The second-order valence-electron chi connectivity index (χ2n) is 5.09. The van der Waals surface area contributed by atoms with Crippen molar-refractivity contribution in [2.75, 3.05) is 5.32 Å². The summed E-state index contributed by atoms with van der Waals surface area (Å²) in [5.74, 6) is 0. The van der Waals surface area contributed by atoms with Crippen LogP contribution in [-0.2, 0) is 0 Å². The van der Waals surface area contributed by atoms with E-state index in [1.807, 2.05) is 6.07 Å². The minimum Gasteiger partial charge on any atom is -0.378 e. The fourth-order valence-electron chi connectivity index (χ4n) is 2.42. The van der Waals surface area contributed by atoms with E-state index in [0.717, 1.165) is 16.9 Å². The van der Waals surface area contributed by atoms with Gasteiger partial charge in [0.05, 0.1) is 11.7 Å². The highest BCUT2D eigenvalue weighted by molar-refractivity contribution is 7.10. The lowest BCUT2D eigenvalue weighted by Crippen LogP contribution is -2.07. The minimum atomic E-state index is 0.295. The molecule has 0 aliphatic carbocycles. The van der Waals surface area contributed by atoms with Gasteiger partial charge < -0.3 is 5.32 Å². The maximum atomic E-state index is 3.93. The Morgan fingerprint density at radius 1 is 1.19 bits per heavy atom. The minimum absolute atomic E-state index is 0.295. The monoisotopic (exact) mass is 299 g/mol. The summed E-state index contributed by atoms with van der Waals surface area (Å²) in [5, 5.41) is 17.0. The van der Waals surface area contributed by atoms with Gasteiger partial charge in [-0.1, -0.05) is 0 Å². The molecule has 21 heavy (non-hydrogen) atoms. The Morgan fingerprint density at radius 3 is 2.67 bits per heavy atom. The SMILES string of the molecule is Cc1cc(NC(C)c2sccc2C)ccc1-n1cnnn1. The van der Waals surface area contributed by atoms with Crippen LogP contribution in [0.5, 0.6) is 0 Å². The van der Waals surface area contributed by atoms with Crippen LogP contribution in [-0.4, -0.2) is 20.2 Å². The fraction of sp³-hybridized carbons (Fsp3) is 0.267. The maximum absolute atomic E-state index is 3.93. The number of thiophene rings is 1. The molecule has 0 spiro atoms. The van der Waals surface area contributed by atoms with E-state index in [4.69, 9.17) is 0 Å². The zero-order valence-electron chi connectivity index (χ0n) is 12.2. The second-order valence-corrected chi connectivity index (χ2v) is 6.04. The molecule has 3 aromatic rings. The molecule has 0 radical (unpaired) electrons. The molecule has 1 atom stereocenters. The predicted molar refractivity (Wildman–Crippen MR) is 85.0 cm³/mol. The van der Waals surface area contributed by atoms with Crippen LogP contribution in [0.3, 0.4) is 0 Å².